The number of amides is 2. The van der Waals surface area contributed by atoms with E-state index in [9.17, 15) is 28.8 Å². The molecule has 46 heavy (non-hydrogen) atoms. The Hall–Kier alpha value is -5.97. The third-order valence-electron chi connectivity index (χ3n) is 7.98. The number of fused-ring (bicyclic) bond motifs is 3. The Morgan fingerprint density at radius 3 is 2.22 bits per heavy atom. The van der Waals surface area contributed by atoms with E-state index in [1.165, 1.54) is 37.3 Å². The van der Waals surface area contributed by atoms with Crippen molar-refractivity contribution in [2.45, 2.75) is 39.2 Å². The molecular formula is C35H25N3O8. The number of carbonyl (C=O) groups excluding carboxylic acids is 5. The molecule has 0 fully saturated rings. The van der Waals surface area contributed by atoms with Gasteiger partial charge in [-0.3, -0.25) is 28.8 Å². The summed E-state index contributed by atoms with van der Waals surface area (Å²) in [5.41, 5.74) is 1.53. The Kier molecular flexibility index (Phi) is 6.62. The van der Waals surface area contributed by atoms with Crippen LogP contribution in [0.15, 0.2) is 71.6 Å². The van der Waals surface area contributed by atoms with Gasteiger partial charge in [0.1, 0.15) is 23.2 Å². The first-order valence-electron chi connectivity index (χ1n) is 14.6. The second-order valence-corrected chi connectivity index (χ2v) is 11.4. The lowest BCUT2D eigenvalue weighted by Gasteiger charge is -2.21. The van der Waals surface area contributed by atoms with Gasteiger partial charge in [0.05, 0.1) is 33.8 Å². The third-order valence-corrected chi connectivity index (χ3v) is 7.98. The van der Waals surface area contributed by atoms with Crippen molar-refractivity contribution in [3.63, 3.8) is 0 Å². The first kappa shape index (κ1) is 28.8. The lowest BCUT2D eigenvalue weighted by Crippen LogP contribution is -2.30. The van der Waals surface area contributed by atoms with Crippen LogP contribution in [0.2, 0.25) is 0 Å². The number of benzene rings is 3. The molecule has 0 spiro atoms. The number of hydrogen-bond donors (Lipinski definition) is 1. The second kappa shape index (κ2) is 10.6. The van der Waals surface area contributed by atoms with Gasteiger partial charge in [0.15, 0.2) is 11.6 Å². The Bertz CT molecular complexity index is 2150. The van der Waals surface area contributed by atoms with Gasteiger partial charge in [-0.15, -0.1) is 0 Å². The van der Waals surface area contributed by atoms with E-state index in [-0.39, 0.29) is 56.5 Å². The molecule has 1 N–H and O–H groups in total. The minimum atomic E-state index is -1.47. The molecule has 3 aliphatic rings. The fraction of sp³-hybridized carbons (Fsp3) is 0.171. The minimum Gasteiger partial charge on any atom is -0.489 e. The van der Waals surface area contributed by atoms with E-state index in [2.05, 4.69) is 16.0 Å². The van der Waals surface area contributed by atoms with Gasteiger partial charge in [0.25, 0.3) is 17.4 Å². The highest BCUT2D eigenvalue weighted by Gasteiger charge is 2.46. The van der Waals surface area contributed by atoms with E-state index >= 15 is 0 Å². The molecule has 0 unspecified atom stereocenters. The van der Waals surface area contributed by atoms with Crippen molar-refractivity contribution in [1.29, 1.82) is 0 Å². The number of esters is 1. The SMILES string of the molecule is CC(=O)Oc1ccc2nc(C3C(=O)c4cc5c(cc4C3=O)C(=O)N(c3ccc(C4=CCC=C4)cc3OC(C)C)C5=O)[nH]c(=O)c2c1. The lowest BCUT2D eigenvalue weighted by atomic mass is 10.0. The van der Waals surface area contributed by atoms with Gasteiger partial charge < -0.3 is 14.5 Å². The van der Waals surface area contributed by atoms with Crippen LogP contribution in [-0.4, -0.2) is 45.4 Å². The average molecular weight is 616 g/mol. The number of nitrogens with zero attached hydrogens (tertiary/aromatic N) is 2. The van der Waals surface area contributed by atoms with Crippen LogP contribution in [-0.2, 0) is 4.79 Å². The van der Waals surface area contributed by atoms with E-state index in [0.29, 0.717) is 5.75 Å². The minimum absolute atomic E-state index is 0.0236. The summed E-state index contributed by atoms with van der Waals surface area (Å²) >= 11 is 0. The number of rotatable bonds is 6. The zero-order valence-corrected chi connectivity index (χ0v) is 24.9. The molecule has 0 saturated heterocycles. The van der Waals surface area contributed by atoms with Gasteiger partial charge in [-0.05, 0) is 73.9 Å². The molecule has 2 heterocycles. The summed E-state index contributed by atoms with van der Waals surface area (Å²) in [6.45, 7) is 4.90. The molecular weight excluding hydrogens is 590 g/mol. The van der Waals surface area contributed by atoms with Crippen molar-refractivity contribution in [3.8, 4) is 11.5 Å². The third kappa shape index (κ3) is 4.55. The van der Waals surface area contributed by atoms with Crippen molar-refractivity contribution >= 4 is 51.5 Å². The number of Topliss-reactive ketones (excluding diaryl/α,β-unsaturated/α-hetero) is 2. The van der Waals surface area contributed by atoms with E-state index < -0.39 is 40.8 Å². The monoisotopic (exact) mass is 615 g/mol. The summed E-state index contributed by atoms with van der Waals surface area (Å²) in [4.78, 5) is 86.8. The molecule has 1 aliphatic heterocycles. The second-order valence-electron chi connectivity index (χ2n) is 11.4. The maximum atomic E-state index is 13.8. The van der Waals surface area contributed by atoms with Crippen LogP contribution in [0.3, 0.4) is 0 Å². The average Bonchev–Trinajstić information content (AvgIpc) is 3.69. The molecule has 11 heteroatoms. The largest absolute Gasteiger partial charge is 0.489 e. The number of carbonyl (C=O) groups is 5. The number of aromatic amines is 1. The highest BCUT2D eigenvalue weighted by molar-refractivity contribution is 6.37. The van der Waals surface area contributed by atoms with Crippen LogP contribution in [0.1, 0.15) is 85.9 Å². The molecule has 0 atom stereocenters. The number of ether oxygens (including phenoxy) is 2. The molecule has 11 nitrogen and oxygen atoms in total. The zero-order chi connectivity index (χ0) is 32.4. The molecule has 2 amide bonds. The van der Waals surface area contributed by atoms with Crippen molar-refractivity contribution in [3.05, 3.63) is 111 Å². The first-order chi connectivity index (χ1) is 22.0. The zero-order valence-electron chi connectivity index (χ0n) is 24.9. The Morgan fingerprint density at radius 2 is 1.61 bits per heavy atom. The molecule has 4 aromatic rings. The van der Waals surface area contributed by atoms with Crippen LogP contribution in [0, 0.1) is 0 Å². The Balaban J connectivity index is 1.24. The van der Waals surface area contributed by atoms with Crippen LogP contribution in [0.5, 0.6) is 11.5 Å². The quantitative estimate of drug-likeness (QED) is 0.138. The van der Waals surface area contributed by atoms with Crippen molar-refractivity contribution in [1.82, 2.24) is 9.97 Å². The number of imide groups is 1. The molecule has 1 aromatic heterocycles. The summed E-state index contributed by atoms with van der Waals surface area (Å²) in [6.07, 6.45) is 6.63. The van der Waals surface area contributed by atoms with Crippen LogP contribution in [0.4, 0.5) is 5.69 Å². The van der Waals surface area contributed by atoms with Crippen LogP contribution in [0.25, 0.3) is 16.5 Å². The molecule has 2 aliphatic carbocycles. The number of H-pyrrole nitrogens is 1. The Labute approximate surface area is 261 Å². The van der Waals surface area contributed by atoms with E-state index in [0.717, 1.165) is 22.5 Å². The molecule has 228 valence electrons. The van der Waals surface area contributed by atoms with Gasteiger partial charge in [0.2, 0.25) is 0 Å². The number of hydrogen-bond acceptors (Lipinski definition) is 9. The van der Waals surface area contributed by atoms with Crippen molar-refractivity contribution in [2.75, 3.05) is 4.90 Å². The standard InChI is InChI=1S/C35H25N3O8/c1-16(2)45-28-12-19(18-6-4-5-7-18)8-11-27(28)38-34(43)23-14-21-22(15-24(23)35(38)44)31(41)29(30(21)40)32-36-26-10-9-20(46-17(3)39)13-25(26)33(42)37-32/h4,6-16,29H,5H2,1-3H3,(H,36,37,42). The van der Waals surface area contributed by atoms with Crippen LogP contribution >= 0.6 is 0 Å². The topological polar surface area (TPSA) is 153 Å². The molecule has 7 rings (SSSR count). The van der Waals surface area contributed by atoms with Crippen molar-refractivity contribution < 1.29 is 33.4 Å². The van der Waals surface area contributed by atoms with Gasteiger partial charge in [-0.2, -0.15) is 0 Å². The Morgan fingerprint density at radius 1 is 0.913 bits per heavy atom. The number of allylic oxidation sites excluding steroid dienone is 4. The summed E-state index contributed by atoms with van der Waals surface area (Å²) in [7, 11) is 0. The first-order valence-corrected chi connectivity index (χ1v) is 14.6. The van der Waals surface area contributed by atoms with Crippen LogP contribution < -0.4 is 19.9 Å². The normalized spacial score (nSPS) is 15.7. The predicted octanol–water partition coefficient (Wildman–Crippen LogP) is 4.94. The molecule has 3 aromatic carbocycles. The van der Waals surface area contributed by atoms with Gasteiger partial charge >= 0.3 is 5.97 Å². The number of nitrogens with one attached hydrogen (secondary N) is 1. The fourth-order valence-electron chi connectivity index (χ4n) is 5.99. The van der Waals surface area contributed by atoms with Gasteiger partial charge in [-0.1, -0.05) is 24.3 Å². The summed E-state index contributed by atoms with van der Waals surface area (Å²) in [6, 6.07) is 12.0. The molecule has 0 saturated carbocycles. The van der Waals surface area contributed by atoms with Crippen molar-refractivity contribution in [2.24, 2.45) is 0 Å². The van der Waals surface area contributed by atoms with Gasteiger partial charge in [0, 0.05) is 18.1 Å². The highest BCUT2D eigenvalue weighted by atomic mass is 16.5. The van der Waals surface area contributed by atoms with E-state index in [1.807, 2.05) is 26.0 Å². The van der Waals surface area contributed by atoms with Gasteiger partial charge in [-0.25, -0.2) is 9.88 Å². The van der Waals surface area contributed by atoms with E-state index in [1.54, 1.807) is 18.2 Å². The lowest BCUT2D eigenvalue weighted by molar-refractivity contribution is -0.131. The van der Waals surface area contributed by atoms with E-state index in [4.69, 9.17) is 9.47 Å². The molecule has 0 radical (unpaired) electrons. The fourth-order valence-corrected chi connectivity index (χ4v) is 5.99. The number of anilines is 1. The summed E-state index contributed by atoms with van der Waals surface area (Å²) in [5, 5.41) is 0.0958. The number of ketones is 2. The summed E-state index contributed by atoms with van der Waals surface area (Å²) < 4.78 is 11.1. The highest BCUT2D eigenvalue weighted by Crippen LogP contribution is 2.41. The molecule has 0 bridgehead atoms. The smallest absolute Gasteiger partial charge is 0.308 e. The predicted molar refractivity (Wildman–Crippen MR) is 167 cm³/mol. The number of aromatic nitrogens is 2. The maximum absolute atomic E-state index is 13.8. The summed E-state index contributed by atoms with van der Waals surface area (Å²) in [5.74, 6) is -4.37. The maximum Gasteiger partial charge on any atom is 0.308 e.